The first-order valence-electron chi connectivity index (χ1n) is 4.41. The summed E-state index contributed by atoms with van der Waals surface area (Å²) < 4.78 is 37.7. The minimum atomic E-state index is -2.74. The molecule has 1 atom stereocenters. The van der Waals surface area contributed by atoms with Gasteiger partial charge in [-0.1, -0.05) is 6.07 Å². The summed E-state index contributed by atoms with van der Waals surface area (Å²) >= 11 is 0. The van der Waals surface area contributed by atoms with Crippen molar-refractivity contribution in [3.8, 4) is 0 Å². The second-order valence-electron chi connectivity index (χ2n) is 3.16. The lowest BCUT2D eigenvalue weighted by Crippen LogP contribution is -2.24. The average Bonchev–Trinajstić information content (AvgIpc) is 2.20. The fourth-order valence-electron chi connectivity index (χ4n) is 1.10. The molecule has 4 nitrogen and oxygen atoms in total. The molecule has 1 N–H and O–H groups in total. The van der Waals surface area contributed by atoms with Crippen molar-refractivity contribution in [3.05, 3.63) is 34.1 Å². The number of alkyl halides is 2. The number of nitrogens with zero attached hydrogens (tertiary/aromatic N) is 1. The maximum Gasteiger partial charge on any atom is 0.295 e. The van der Waals surface area contributed by atoms with Crippen LogP contribution in [0, 0.1) is 15.9 Å². The molecule has 1 aromatic carbocycles. The van der Waals surface area contributed by atoms with E-state index in [1.165, 1.54) is 0 Å². The first-order chi connectivity index (χ1) is 7.43. The molecule has 1 aromatic rings. The van der Waals surface area contributed by atoms with Crippen molar-refractivity contribution in [2.24, 2.45) is 0 Å². The second kappa shape index (κ2) is 4.82. The lowest BCUT2D eigenvalue weighted by Gasteiger charge is -2.14. The van der Waals surface area contributed by atoms with Crippen LogP contribution >= 0.6 is 0 Å². The van der Waals surface area contributed by atoms with Gasteiger partial charge in [-0.05, 0) is 13.0 Å². The topological polar surface area (TPSA) is 55.2 Å². The molecule has 88 valence electrons. The zero-order chi connectivity index (χ0) is 12.3. The Morgan fingerprint density at radius 3 is 2.56 bits per heavy atom. The number of anilines is 1. The zero-order valence-electron chi connectivity index (χ0n) is 8.28. The van der Waals surface area contributed by atoms with Gasteiger partial charge in [0.25, 0.3) is 12.1 Å². The van der Waals surface area contributed by atoms with Crippen LogP contribution in [0.25, 0.3) is 0 Å². The molecule has 0 amide bonds. The molecule has 1 rings (SSSR count). The van der Waals surface area contributed by atoms with Crippen LogP contribution < -0.4 is 5.32 Å². The number of hydrogen-bond acceptors (Lipinski definition) is 3. The summed E-state index contributed by atoms with van der Waals surface area (Å²) in [6, 6.07) is 1.79. The largest absolute Gasteiger partial charge is 0.369 e. The predicted molar refractivity (Wildman–Crippen MR) is 52.1 cm³/mol. The minimum Gasteiger partial charge on any atom is -0.369 e. The molecule has 0 heterocycles. The Hall–Kier alpha value is -1.79. The molecule has 0 fully saturated rings. The van der Waals surface area contributed by atoms with E-state index in [4.69, 9.17) is 0 Å². The summed E-state index contributed by atoms with van der Waals surface area (Å²) in [6.07, 6.45) is -2.74. The Bertz CT molecular complexity index is 398. The van der Waals surface area contributed by atoms with E-state index in [-0.39, 0.29) is 0 Å². The summed E-state index contributed by atoms with van der Waals surface area (Å²) in [5.74, 6) is -0.929. The quantitative estimate of drug-likeness (QED) is 0.643. The first kappa shape index (κ1) is 12.3. The molecular formula is C9H9F3N2O2. The lowest BCUT2D eigenvalue weighted by atomic mass is 10.2. The van der Waals surface area contributed by atoms with Gasteiger partial charge in [0.1, 0.15) is 5.69 Å². The molecular weight excluding hydrogens is 225 g/mol. The molecule has 0 aromatic heterocycles. The van der Waals surface area contributed by atoms with Crippen LogP contribution in [0.5, 0.6) is 0 Å². The van der Waals surface area contributed by atoms with Gasteiger partial charge in [-0.2, -0.15) is 0 Å². The molecule has 0 spiro atoms. The van der Waals surface area contributed by atoms with E-state index in [9.17, 15) is 23.3 Å². The summed E-state index contributed by atoms with van der Waals surface area (Å²) in [4.78, 5) is 9.71. The summed E-state index contributed by atoms with van der Waals surface area (Å²) in [6.45, 7) is 1.11. The van der Waals surface area contributed by atoms with Gasteiger partial charge in [0.15, 0.2) is 5.82 Å². The van der Waals surface area contributed by atoms with Crippen molar-refractivity contribution in [3.63, 3.8) is 0 Å². The van der Waals surface area contributed by atoms with Gasteiger partial charge >= 0.3 is 0 Å². The Balaban J connectivity index is 3.06. The average molecular weight is 234 g/mol. The minimum absolute atomic E-state index is 0.514. The van der Waals surface area contributed by atoms with Crippen LogP contribution in [-0.4, -0.2) is 17.4 Å². The van der Waals surface area contributed by atoms with E-state index >= 15 is 0 Å². The van der Waals surface area contributed by atoms with Gasteiger partial charge in [0, 0.05) is 6.07 Å². The van der Waals surface area contributed by atoms with Crippen LogP contribution in [0.15, 0.2) is 18.2 Å². The van der Waals surface area contributed by atoms with E-state index < -0.39 is 34.6 Å². The fourth-order valence-corrected chi connectivity index (χ4v) is 1.10. The van der Waals surface area contributed by atoms with Gasteiger partial charge in [0.2, 0.25) is 0 Å². The lowest BCUT2D eigenvalue weighted by molar-refractivity contribution is -0.384. The molecule has 0 radical (unpaired) electrons. The third-order valence-corrected chi connectivity index (χ3v) is 1.94. The summed E-state index contributed by atoms with van der Waals surface area (Å²) in [7, 11) is 0. The SMILES string of the molecule is CC(Nc1c(F)cccc1[N+](=O)[O-])C(F)F. The van der Waals surface area contributed by atoms with E-state index in [1.807, 2.05) is 0 Å². The van der Waals surface area contributed by atoms with Crippen molar-refractivity contribution in [1.82, 2.24) is 0 Å². The number of rotatable bonds is 4. The molecule has 7 heteroatoms. The normalized spacial score (nSPS) is 12.6. The van der Waals surface area contributed by atoms with Crippen molar-refractivity contribution in [2.75, 3.05) is 5.32 Å². The number of halogens is 3. The van der Waals surface area contributed by atoms with Crippen LogP contribution in [0.4, 0.5) is 24.5 Å². The number of nitro benzene ring substituents is 1. The molecule has 0 saturated carbocycles. The maximum absolute atomic E-state index is 13.2. The van der Waals surface area contributed by atoms with Gasteiger partial charge in [-0.15, -0.1) is 0 Å². The maximum atomic E-state index is 13.2. The Morgan fingerprint density at radius 1 is 1.44 bits per heavy atom. The molecule has 0 aliphatic heterocycles. The third-order valence-electron chi connectivity index (χ3n) is 1.94. The molecule has 0 aliphatic rings. The van der Waals surface area contributed by atoms with Crippen LogP contribution in [0.2, 0.25) is 0 Å². The van der Waals surface area contributed by atoms with E-state index in [0.717, 1.165) is 25.1 Å². The molecule has 0 bridgehead atoms. The number of nitrogens with one attached hydrogen (secondary N) is 1. The van der Waals surface area contributed by atoms with Gasteiger partial charge < -0.3 is 5.32 Å². The van der Waals surface area contributed by atoms with Gasteiger partial charge in [-0.3, -0.25) is 10.1 Å². The first-order valence-corrected chi connectivity index (χ1v) is 4.41. The number of nitro groups is 1. The highest BCUT2D eigenvalue weighted by molar-refractivity contribution is 5.62. The standard InChI is InChI=1S/C9H9F3N2O2/c1-5(9(11)12)13-8-6(10)3-2-4-7(8)14(15)16/h2-5,9,13H,1H3. The molecule has 0 saturated heterocycles. The molecule has 16 heavy (non-hydrogen) atoms. The summed E-state index contributed by atoms with van der Waals surface area (Å²) in [5.41, 5.74) is -1.08. The van der Waals surface area contributed by atoms with Crippen LogP contribution in [-0.2, 0) is 0 Å². The third kappa shape index (κ3) is 2.62. The molecule has 0 aliphatic carbocycles. The van der Waals surface area contributed by atoms with Crippen molar-refractivity contribution in [1.29, 1.82) is 0 Å². The van der Waals surface area contributed by atoms with Crippen LogP contribution in [0.3, 0.4) is 0 Å². The van der Waals surface area contributed by atoms with Crippen molar-refractivity contribution in [2.45, 2.75) is 19.4 Å². The Labute approximate surface area is 89.2 Å². The van der Waals surface area contributed by atoms with Gasteiger partial charge in [-0.25, -0.2) is 13.2 Å². The van der Waals surface area contributed by atoms with Crippen molar-refractivity contribution >= 4 is 11.4 Å². The van der Waals surface area contributed by atoms with Gasteiger partial charge in [0.05, 0.1) is 11.0 Å². The number of benzene rings is 1. The molecule has 1 unspecified atom stereocenters. The monoisotopic (exact) mass is 234 g/mol. The highest BCUT2D eigenvalue weighted by Gasteiger charge is 2.22. The Kier molecular flexibility index (Phi) is 3.70. The van der Waals surface area contributed by atoms with Crippen molar-refractivity contribution < 1.29 is 18.1 Å². The summed E-state index contributed by atoms with van der Waals surface area (Å²) in [5, 5.41) is 12.6. The van der Waals surface area contributed by atoms with E-state index in [0.29, 0.717) is 0 Å². The number of para-hydroxylation sites is 1. The fraction of sp³-hybridized carbons (Fsp3) is 0.333. The predicted octanol–water partition coefficient (Wildman–Crippen LogP) is 2.80. The highest BCUT2D eigenvalue weighted by atomic mass is 19.3. The van der Waals surface area contributed by atoms with E-state index in [1.54, 1.807) is 0 Å². The van der Waals surface area contributed by atoms with Crippen LogP contribution in [0.1, 0.15) is 6.92 Å². The Morgan fingerprint density at radius 2 is 2.06 bits per heavy atom. The zero-order valence-corrected chi connectivity index (χ0v) is 8.28. The highest BCUT2D eigenvalue weighted by Crippen LogP contribution is 2.28. The van der Waals surface area contributed by atoms with E-state index in [2.05, 4.69) is 5.32 Å². The second-order valence-corrected chi connectivity index (χ2v) is 3.16. The smallest absolute Gasteiger partial charge is 0.295 e. The number of hydrogen-bond donors (Lipinski definition) is 1.